The summed E-state index contributed by atoms with van der Waals surface area (Å²) in [6, 6.07) is 12.0. The van der Waals surface area contributed by atoms with E-state index in [9.17, 15) is 22.4 Å². The molecule has 1 aliphatic heterocycles. The third-order valence-corrected chi connectivity index (χ3v) is 7.24. The van der Waals surface area contributed by atoms with Gasteiger partial charge in [0.25, 0.3) is 5.91 Å². The predicted octanol–water partition coefficient (Wildman–Crippen LogP) is 2.32. The van der Waals surface area contributed by atoms with Gasteiger partial charge in [0, 0.05) is 43.3 Å². The molecule has 1 saturated heterocycles. The summed E-state index contributed by atoms with van der Waals surface area (Å²) < 4.78 is 40.6. The van der Waals surface area contributed by atoms with Gasteiger partial charge in [0.1, 0.15) is 10.7 Å². The molecular formula is C21H22FN3O4S. The van der Waals surface area contributed by atoms with Crippen LogP contribution in [0, 0.1) is 11.7 Å². The number of rotatable bonds is 5. The number of piperazine rings is 1. The lowest BCUT2D eigenvalue weighted by Gasteiger charge is -2.34. The number of nitrogens with one attached hydrogen (secondary N) is 1. The summed E-state index contributed by atoms with van der Waals surface area (Å²) >= 11 is 0. The Balaban J connectivity index is 1.41. The third kappa shape index (κ3) is 4.22. The molecule has 1 saturated carbocycles. The van der Waals surface area contributed by atoms with E-state index in [1.54, 1.807) is 29.2 Å². The molecule has 2 aromatic carbocycles. The van der Waals surface area contributed by atoms with Crippen molar-refractivity contribution in [1.82, 2.24) is 9.21 Å². The Morgan fingerprint density at radius 2 is 1.67 bits per heavy atom. The first-order chi connectivity index (χ1) is 14.4. The van der Waals surface area contributed by atoms with Gasteiger partial charge in [-0.3, -0.25) is 9.59 Å². The highest BCUT2D eigenvalue weighted by Gasteiger charge is 2.32. The number of hydrogen-bond acceptors (Lipinski definition) is 4. The highest BCUT2D eigenvalue weighted by Crippen LogP contribution is 2.30. The minimum atomic E-state index is -3.96. The van der Waals surface area contributed by atoms with E-state index < -0.39 is 15.8 Å². The molecule has 7 nitrogen and oxygen atoms in total. The van der Waals surface area contributed by atoms with Crippen molar-refractivity contribution in [3.63, 3.8) is 0 Å². The Kier molecular flexibility index (Phi) is 5.57. The summed E-state index contributed by atoms with van der Waals surface area (Å²) in [5.41, 5.74) is 0.993. The Labute approximate surface area is 174 Å². The molecule has 0 radical (unpaired) electrons. The fraction of sp³-hybridized carbons (Fsp3) is 0.333. The first kappa shape index (κ1) is 20.5. The van der Waals surface area contributed by atoms with Crippen molar-refractivity contribution < 1.29 is 22.4 Å². The van der Waals surface area contributed by atoms with Crippen LogP contribution < -0.4 is 5.32 Å². The molecule has 158 valence electrons. The highest BCUT2D eigenvalue weighted by atomic mass is 32.2. The number of anilines is 1. The van der Waals surface area contributed by atoms with Crippen LogP contribution in [-0.2, 0) is 14.8 Å². The lowest BCUT2D eigenvalue weighted by molar-refractivity contribution is -0.117. The minimum absolute atomic E-state index is 0.0356. The van der Waals surface area contributed by atoms with Crippen LogP contribution in [0.1, 0.15) is 23.2 Å². The predicted molar refractivity (Wildman–Crippen MR) is 109 cm³/mol. The molecule has 0 bridgehead atoms. The molecule has 2 amide bonds. The molecule has 2 aromatic rings. The van der Waals surface area contributed by atoms with Crippen LogP contribution in [-0.4, -0.2) is 55.6 Å². The standard InChI is InChI=1S/C21H22FN3O4S/c22-18-6-1-2-7-19(18)30(28,29)25-12-10-24(11-13-25)21(27)16-4-3-5-17(14-16)23-20(26)15-8-9-15/h1-7,14-15H,8-13H2,(H,23,26). The first-order valence-corrected chi connectivity index (χ1v) is 11.2. The second-order valence-corrected chi connectivity index (χ2v) is 9.38. The van der Waals surface area contributed by atoms with Crippen molar-refractivity contribution in [3.8, 4) is 0 Å². The molecule has 2 aliphatic rings. The van der Waals surface area contributed by atoms with Crippen molar-refractivity contribution in [2.24, 2.45) is 5.92 Å². The van der Waals surface area contributed by atoms with E-state index in [0.717, 1.165) is 18.9 Å². The van der Waals surface area contributed by atoms with Crippen LogP contribution in [0.15, 0.2) is 53.4 Å². The van der Waals surface area contributed by atoms with Crippen molar-refractivity contribution in [2.45, 2.75) is 17.7 Å². The zero-order valence-corrected chi connectivity index (χ0v) is 17.1. The van der Waals surface area contributed by atoms with E-state index >= 15 is 0 Å². The first-order valence-electron chi connectivity index (χ1n) is 9.81. The zero-order valence-electron chi connectivity index (χ0n) is 16.3. The normalized spacial score (nSPS) is 17.6. The molecule has 30 heavy (non-hydrogen) atoms. The molecule has 1 heterocycles. The van der Waals surface area contributed by atoms with Gasteiger partial charge in [-0.25, -0.2) is 12.8 Å². The topological polar surface area (TPSA) is 86.8 Å². The molecule has 0 spiro atoms. The van der Waals surface area contributed by atoms with Crippen molar-refractivity contribution >= 4 is 27.5 Å². The fourth-order valence-corrected chi connectivity index (χ4v) is 4.91. The van der Waals surface area contributed by atoms with Crippen LogP contribution in [0.4, 0.5) is 10.1 Å². The SMILES string of the molecule is O=C(Nc1cccc(C(=O)N2CCN(S(=O)(=O)c3ccccc3F)CC2)c1)C1CC1. The van der Waals surface area contributed by atoms with Gasteiger partial charge in [0.15, 0.2) is 0 Å². The van der Waals surface area contributed by atoms with Gasteiger partial charge in [-0.2, -0.15) is 4.31 Å². The van der Waals surface area contributed by atoms with Crippen LogP contribution in [0.3, 0.4) is 0 Å². The van der Waals surface area contributed by atoms with E-state index in [0.29, 0.717) is 11.3 Å². The zero-order chi connectivity index (χ0) is 21.3. The maximum atomic E-state index is 13.9. The van der Waals surface area contributed by atoms with Gasteiger partial charge in [0.2, 0.25) is 15.9 Å². The second kappa shape index (κ2) is 8.16. The van der Waals surface area contributed by atoms with E-state index in [4.69, 9.17) is 0 Å². The number of benzene rings is 2. The number of hydrogen-bond donors (Lipinski definition) is 1. The maximum absolute atomic E-state index is 13.9. The van der Waals surface area contributed by atoms with Gasteiger partial charge < -0.3 is 10.2 Å². The fourth-order valence-electron chi connectivity index (χ4n) is 3.43. The van der Waals surface area contributed by atoms with E-state index in [1.807, 2.05) is 0 Å². The number of carbonyl (C=O) groups is 2. The van der Waals surface area contributed by atoms with Crippen LogP contribution >= 0.6 is 0 Å². The number of sulfonamides is 1. The number of halogens is 1. The highest BCUT2D eigenvalue weighted by molar-refractivity contribution is 7.89. The van der Waals surface area contributed by atoms with Crippen molar-refractivity contribution in [1.29, 1.82) is 0 Å². The average molecular weight is 431 g/mol. The van der Waals surface area contributed by atoms with E-state index in [-0.39, 0.29) is 48.8 Å². The number of carbonyl (C=O) groups excluding carboxylic acids is 2. The minimum Gasteiger partial charge on any atom is -0.336 e. The molecule has 9 heteroatoms. The lowest BCUT2D eigenvalue weighted by Crippen LogP contribution is -2.50. The maximum Gasteiger partial charge on any atom is 0.254 e. The largest absolute Gasteiger partial charge is 0.336 e. The van der Waals surface area contributed by atoms with Crippen molar-refractivity contribution in [3.05, 3.63) is 59.9 Å². The molecule has 4 rings (SSSR count). The summed E-state index contributed by atoms with van der Waals surface area (Å²) in [5, 5.41) is 2.82. The monoisotopic (exact) mass is 431 g/mol. The molecule has 0 aromatic heterocycles. The van der Waals surface area contributed by atoms with Crippen LogP contribution in [0.25, 0.3) is 0 Å². The van der Waals surface area contributed by atoms with Crippen molar-refractivity contribution in [2.75, 3.05) is 31.5 Å². The van der Waals surface area contributed by atoms with Gasteiger partial charge >= 0.3 is 0 Å². The summed E-state index contributed by atoms with van der Waals surface area (Å²) in [6.45, 7) is 0.567. The third-order valence-electron chi connectivity index (χ3n) is 5.31. The summed E-state index contributed by atoms with van der Waals surface area (Å²) in [5.74, 6) is -0.998. The number of nitrogens with zero attached hydrogens (tertiary/aromatic N) is 2. The van der Waals surface area contributed by atoms with Gasteiger partial charge in [-0.1, -0.05) is 18.2 Å². The molecule has 0 atom stereocenters. The molecule has 1 aliphatic carbocycles. The Bertz CT molecular complexity index is 1080. The number of amides is 2. The van der Waals surface area contributed by atoms with Crippen LogP contribution in [0.5, 0.6) is 0 Å². The molecule has 0 unspecified atom stereocenters. The lowest BCUT2D eigenvalue weighted by atomic mass is 10.1. The quantitative estimate of drug-likeness (QED) is 0.787. The smallest absolute Gasteiger partial charge is 0.254 e. The van der Waals surface area contributed by atoms with Crippen LogP contribution in [0.2, 0.25) is 0 Å². The van der Waals surface area contributed by atoms with Gasteiger partial charge in [-0.05, 0) is 43.2 Å². The molecular weight excluding hydrogens is 409 g/mol. The van der Waals surface area contributed by atoms with Gasteiger partial charge in [0.05, 0.1) is 0 Å². The van der Waals surface area contributed by atoms with Gasteiger partial charge in [-0.15, -0.1) is 0 Å². The van der Waals surface area contributed by atoms with E-state index in [1.165, 1.54) is 22.5 Å². The Hall–Kier alpha value is -2.78. The Morgan fingerprint density at radius 3 is 2.33 bits per heavy atom. The molecule has 1 N–H and O–H groups in total. The Morgan fingerprint density at radius 1 is 0.967 bits per heavy atom. The average Bonchev–Trinajstić information content (AvgIpc) is 3.59. The second-order valence-electron chi connectivity index (χ2n) is 7.47. The van der Waals surface area contributed by atoms with E-state index in [2.05, 4.69) is 5.32 Å². The summed E-state index contributed by atoms with van der Waals surface area (Å²) in [4.78, 5) is 26.0. The molecule has 2 fully saturated rings. The summed E-state index contributed by atoms with van der Waals surface area (Å²) in [7, 11) is -3.96. The summed E-state index contributed by atoms with van der Waals surface area (Å²) in [6.07, 6.45) is 1.79.